The van der Waals surface area contributed by atoms with Gasteiger partial charge >= 0.3 is 0 Å². The fraction of sp³-hybridized carbons (Fsp3) is 0.333. The number of nitrogens with one attached hydrogen (secondary N) is 1. The molecule has 0 radical (unpaired) electrons. The Balaban J connectivity index is 1.32. The van der Waals surface area contributed by atoms with Gasteiger partial charge < -0.3 is 19.4 Å². The van der Waals surface area contributed by atoms with E-state index in [1.807, 2.05) is 31.2 Å². The molecule has 1 N–H and O–H groups in total. The summed E-state index contributed by atoms with van der Waals surface area (Å²) in [5.74, 6) is 1.86. The van der Waals surface area contributed by atoms with Crippen LogP contribution in [0.15, 0.2) is 47.5 Å². The molecule has 0 saturated heterocycles. The molecule has 0 spiro atoms. The molecule has 33 heavy (non-hydrogen) atoms. The third-order valence-corrected chi connectivity index (χ3v) is 5.64. The number of rotatable bonds is 9. The molecule has 4 rings (SSSR count). The van der Waals surface area contributed by atoms with Crippen LogP contribution < -0.4 is 20.3 Å². The second kappa shape index (κ2) is 9.72. The Morgan fingerprint density at radius 3 is 2.61 bits per heavy atom. The molecule has 0 fully saturated rings. The van der Waals surface area contributed by atoms with Crippen LogP contribution in [-0.2, 0) is 17.9 Å². The monoisotopic (exact) mass is 449 g/mol. The summed E-state index contributed by atoms with van der Waals surface area (Å²) in [5.41, 5.74) is 2.37. The van der Waals surface area contributed by atoms with E-state index >= 15 is 0 Å². The molecular formula is C24H27N5O4. The summed E-state index contributed by atoms with van der Waals surface area (Å²) < 4.78 is 14.2. The van der Waals surface area contributed by atoms with E-state index in [0.29, 0.717) is 54.9 Å². The molecule has 4 aromatic rings. The molecule has 9 heteroatoms. The van der Waals surface area contributed by atoms with Gasteiger partial charge in [0.1, 0.15) is 5.82 Å². The maximum Gasteiger partial charge on any atom is 0.261 e. The van der Waals surface area contributed by atoms with Crippen LogP contribution in [0.3, 0.4) is 0 Å². The van der Waals surface area contributed by atoms with Crippen LogP contribution in [0.25, 0.3) is 21.9 Å². The zero-order valence-corrected chi connectivity index (χ0v) is 19.0. The number of carbonyl (C=O) groups is 1. The van der Waals surface area contributed by atoms with Crippen LogP contribution in [0.1, 0.15) is 18.7 Å². The van der Waals surface area contributed by atoms with Crippen LogP contribution in [0.4, 0.5) is 0 Å². The van der Waals surface area contributed by atoms with Crippen molar-refractivity contribution >= 4 is 27.8 Å². The van der Waals surface area contributed by atoms with Crippen molar-refractivity contribution in [2.75, 3.05) is 20.8 Å². The van der Waals surface area contributed by atoms with E-state index in [1.165, 1.54) is 25.1 Å². The molecule has 2 aromatic carbocycles. The van der Waals surface area contributed by atoms with Gasteiger partial charge in [-0.15, -0.1) is 0 Å². The summed E-state index contributed by atoms with van der Waals surface area (Å²) in [7, 11) is 3.06. The lowest BCUT2D eigenvalue weighted by atomic mass is 10.2. The van der Waals surface area contributed by atoms with Crippen molar-refractivity contribution in [1.29, 1.82) is 0 Å². The van der Waals surface area contributed by atoms with E-state index in [4.69, 9.17) is 9.47 Å². The Hall–Kier alpha value is -3.88. The van der Waals surface area contributed by atoms with Crippen LogP contribution in [0, 0.1) is 6.92 Å². The second-order valence-corrected chi connectivity index (χ2v) is 7.72. The van der Waals surface area contributed by atoms with Gasteiger partial charge in [-0.2, -0.15) is 0 Å². The Kier molecular flexibility index (Phi) is 6.58. The van der Waals surface area contributed by atoms with E-state index in [-0.39, 0.29) is 11.5 Å². The summed E-state index contributed by atoms with van der Waals surface area (Å²) in [5, 5.41) is 3.40. The number of aryl methyl sites for hydroxylation is 2. The van der Waals surface area contributed by atoms with Gasteiger partial charge in [-0.25, -0.2) is 9.97 Å². The number of hydrogen-bond acceptors (Lipinski definition) is 6. The molecule has 0 aliphatic rings. The zero-order chi connectivity index (χ0) is 23.4. The molecule has 0 aliphatic heterocycles. The highest BCUT2D eigenvalue weighted by molar-refractivity contribution is 5.81. The lowest BCUT2D eigenvalue weighted by Crippen LogP contribution is -2.28. The molecule has 9 nitrogen and oxygen atoms in total. The van der Waals surface area contributed by atoms with Crippen molar-refractivity contribution in [3.8, 4) is 11.5 Å². The number of nitrogens with zero attached hydrogens (tertiary/aromatic N) is 4. The number of methoxy groups -OCH3 is 2. The van der Waals surface area contributed by atoms with Crippen LogP contribution in [-0.4, -0.2) is 45.8 Å². The number of ether oxygens (including phenoxy) is 2. The number of aromatic nitrogens is 4. The first kappa shape index (κ1) is 22.3. The number of benzene rings is 2. The van der Waals surface area contributed by atoms with E-state index in [1.54, 1.807) is 12.1 Å². The minimum absolute atomic E-state index is 0.0507. The highest BCUT2D eigenvalue weighted by Gasteiger charge is 2.12. The fourth-order valence-electron chi connectivity index (χ4n) is 3.93. The van der Waals surface area contributed by atoms with Crippen LogP contribution >= 0.6 is 0 Å². The van der Waals surface area contributed by atoms with E-state index < -0.39 is 0 Å². The lowest BCUT2D eigenvalue weighted by Gasteiger charge is -2.11. The third-order valence-electron chi connectivity index (χ3n) is 5.64. The fourth-order valence-corrected chi connectivity index (χ4v) is 3.93. The predicted octanol–water partition coefficient (Wildman–Crippen LogP) is 2.67. The van der Waals surface area contributed by atoms with Crippen LogP contribution in [0.2, 0.25) is 0 Å². The van der Waals surface area contributed by atoms with Gasteiger partial charge in [-0.1, -0.05) is 12.1 Å². The van der Waals surface area contributed by atoms with Gasteiger partial charge in [0, 0.05) is 32.1 Å². The first-order valence-corrected chi connectivity index (χ1v) is 10.8. The summed E-state index contributed by atoms with van der Waals surface area (Å²) in [6.07, 6.45) is 2.35. The summed E-state index contributed by atoms with van der Waals surface area (Å²) in [6, 6.07) is 11.3. The maximum absolute atomic E-state index is 12.8. The highest BCUT2D eigenvalue weighted by atomic mass is 16.5. The molecule has 0 aliphatic carbocycles. The molecule has 0 unspecified atom stereocenters. The highest BCUT2D eigenvalue weighted by Crippen LogP contribution is 2.29. The third kappa shape index (κ3) is 4.67. The van der Waals surface area contributed by atoms with Gasteiger partial charge in [0.2, 0.25) is 5.91 Å². The average molecular weight is 450 g/mol. The topological polar surface area (TPSA) is 100 Å². The first-order valence-electron chi connectivity index (χ1n) is 10.8. The quantitative estimate of drug-likeness (QED) is 0.422. The number of carbonyl (C=O) groups excluding carboxylic acids is 1. The number of hydrogen-bond donors (Lipinski definition) is 1. The van der Waals surface area contributed by atoms with Gasteiger partial charge in [0.05, 0.1) is 42.5 Å². The van der Waals surface area contributed by atoms with Gasteiger partial charge in [0.25, 0.3) is 5.56 Å². The van der Waals surface area contributed by atoms with E-state index in [2.05, 4.69) is 19.9 Å². The normalized spacial score (nSPS) is 11.1. The van der Waals surface area contributed by atoms with Crippen molar-refractivity contribution in [2.24, 2.45) is 0 Å². The smallest absolute Gasteiger partial charge is 0.261 e. The summed E-state index contributed by atoms with van der Waals surface area (Å²) >= 11 is 0. The van der Waals surface area contributed by atoms with E-state index in [0.717, 1.165) is 16.9 Å². The Morgan fingerprint density at radius 2 is 1.82 bits per heavy atom. The summed E-state index contributed by atoms with van der Waals surface area (Å²) in [4.78, 5) is 34.0. The predicted molar refractivity (Wildman–Crippen MR) is 126 cm³/mol. The molecule has 0 saturated carbocycles. The van der Waals surface area contributed by atoms with Crippen molar-refractivity contribution < 1.29 is 14.3 Å². The maximum atomic E-state index is 12.8. The number of para-hydroxylation sites is 2. The van der Waals surface area contributed by atoms with Crippen molar-refractivity contribution in [3.05, 3.63) is 58.9 Å². The van der Waals surface area contributed by atoms with Crippen LogP contribution in [0.5, 0.6) is 11.5 Å². The average Bonchev–Trinajstić information content (AvgIpc) is 3.14. The summed E-state index contributed by atoms with van der Waals surface area (Å²) in [6.45, 7) is 3.52. The molecule has 0 bridgehead atoms. The van der Waals surface area contributed by atoms with Gasteiger partial charge in [-0.3, -0.25) is 14.2 Å². The number of amides is 1. The van der Waals surface area contributed by atoms with Crippen molar-refractivity contribution in [3.63, 3.8) is 0 Å². The minimum Gasteiger partial charge on any atom is -0.493 e. The SMILES string of the molecule is COc1cc2ncn(CCCC(=O)NCCn3c(C)nc4ccccc43)c(=O)c2cc1OC. The molecule has 2 aromatic heterocycles. The van der Waals surface area contributed by atoms with Gasteiger partial charge in [-0.05, 0) is 31.5 Å². The molecule has 1 amide bonds. The molecule has 172 valence electrons. The number of imidazole rings is 1. The molecule has 2 heterocycles. The lowest BCUT2D eigenvalue weighted by molar-refractivity contribution is -0.121. The minimum atomic E-state index is -0.177. The second-order valence-electron chi connectivity index (χ2n) is 7.72. The Labute approximate surface area is 191 Å². The van der Waals surface area contributed by atoms with E-state index in [9.17, 15) is 9.59 Å². The largest absolute Gasteiger partial charge is 0.493 e. The zero-order valence-electron chi connectivity index (χ0n) is 19.0. The standard InChI is InChI=1S/C24H27N5O4/c1-16-27-18-7-4-5-8-20(18)29(16)12-10-25-23(30)9-6-11-28-15-26-19-14-22(33-3)21(32-2)13-17(19)24(28)31/h4-5,7-8,13-15H,6,9-12H2,1-3H3,(H,25,30). The molecule has 0 atom stereocenters. The first-order chi connectivity index (χ1) is 16.0. The Morgan fingerprint density at radius 1 is 1.06 bits per heavy atom. The number of fused-ring (bicyclic) bond motifs is 2. The molecular weight excluding hydrogens is 422 g/mol. The Bertz CT molecular complexity index is 1360. The van der Waals surface area contributed by atoms with Gasteiger partial charge in [0.15, 0.2) is 11.5 Å². The van der Waals surface area contributed by atoms with Crippen molar-refractivity contribution in [1.82, 2.24) is 24.4 Å². The van der Waals surface area contributed by atoms with Crippen molar-refractivity contribution in [2.45, 2.75) is 32.9 Å².